The Hall–Kier alpha value is -3.30. The highest BCUT2D eigenvalue weighted by molar-refractivity contribution is 5.86. The summed E-state index contributed by atoms with van der Waals surface area (Å²) < 4.78 is 13.0. The molecule has 0 bridgehead atoms. The van der Waals surface area contributed by atoms with Crippen molar-refractivity contribution in [2.24, 2.45) is 85.1 Å². The fourth-order valence-electron chi connectivity index (χ4n) is 20.6. The maximum absolute atomic E-state index is 15.2. The number of hydrogen-bond acceptors (Lipinski definition) is 14. The average Bonchev–Trinajstić information content (AvgIpc) is 1.74. The highest BCUT2D eigenvalue weighted by atomic mass is 16.7. The molecule has 4 heterocycles. The Morgan fingerprint density at radius 3 is 2.23 bits per heavy atom. The molecule has 2 aromatic rings. The Labute approximate surface area is 459 Å². The quantitative estimate of drug-likeness (QED) is 0.0618. The summed E-state index contributed by atoms with van der Waals surface area (Å²) in [6.07, 6.45) is 13.7. The first-order chi connectivity index (χ1) is 37.2. The van der Waals surface area contributed by atoms with Crippen molar-refractivity contribution in [2.45, 2.75) is 211 Å². The lowest BCUT2D eigenvalue weighted by Crippen LogP contribution is -2.75. The SMILES string of the molecule is CC1(CO)CCC2(C(=O)O)CC(Cc3cnc[nH]3)C3(C)C(=CCC4C5(C6CCCCC6)C(CC6C(C(CCC(N)O)c7cnc[nH]7)NC(=O)C67CCCC7)C(O)C(OC6OCC(O)C(O)C6O)C(C)(CO)C5CCC43C)C2C1. The Kier molecular flexibility index (Phi) is 15.1. The number of H-pyrrole nitrogens is 2. The summed E-state index contributed by atoms with van der Waals surface area (Å²) in [5, 5.41) is 96.7. The van der Waals surface area contributed by atoms with Gasteiger partial charge in [0.15, 0.2) is 6.29 Å². The molecule has 21 unspecified atom stereocenters. The maximum Gasteiger partial charge on any atom is 0.310 e. The Bertz CT molecular complexity index is 2480. The Morgan fingerprint density at radius 1 is 0.846 bits per heavy atom. The number of aromatic nitrogens is 4. The number of nitrogens with two attached hydrogens (primary N) is 1. The number of carboxylic acids is 1. The van der Waals surface area contributed by atoms with Crippen LogP contribution in [0.4, 0.5) is 0 Å². The molecule has 18 nitrogen and oxygen atoms in total. The van der Waals surface area contributed by atoms with Gasteiger partial charge in [-0.2, -0.15) is 0 Å². The first-order valence-corrected chi connectivity index (χ1v) is 30.0. The molecule has 434 valence electrons. The summed E-state index contributed by atoms with van der Waals surface area (Å²) in [6, 6.07) is -0.437. The van der Waals surface area contributed by atoms with Gasteiger partial charge in [-0.25, -0.2) is 9.97 Å². The standard InChI is InChI=1S/C60H92N6O12/c1-54(29-67)20-21-59(53(75)76)24-34(22-35-26-62-31-64-35)57(4)37(40(59)25-54)13-14-44-56(57,3)19-16-43-55(2,30-68)50(78-51-49(73)48(72)42(69)28-77-51)47(71)39(60(43,44)33-10-6-5-7-11-33)23-38-46(66-52(74)58(38)17-8-9-18-58)36(12-15-45(61)70)41-27-63-32-65-41/h13,26-27,31-34,36,38-40,42-51,67-73H,5-12,14-25,28-30,61H2,1-4H3,(H,62,64)(H,63,65)(H,66,74)(H,75,76). The normalized spacial score (nSPS) is 46.1. The number of aliphatic hydroxyl groups is 7. The zero-order valence-electron chi connectivity index (χ0n) is 46.6. The van der Waals surface area contributed by atoms with E-state index in [-0.39, 0.29) is 73.6 Å². The van der Waals surface area contributed by atoms with Crippen LogP contribution in [-0.4, -0.2) is 142 Å². The second-order valence-corrected chi connectivity index (χ2v) is 27.9. The molecule has 2 aliphatic heterocycles. The molecular weight excluding hydrogens is 997 g/mol. The van der Waals surface area contributed by atoms with Crippen LogP contribution in [-0.2, 0) is 25.5 Å². The number of carbonyl (C=O) groups is 2. The van der Waals surface area contributed by atoms with E-state index in [0.717, 1.165) is 62.8 Å². The lowest BCUT2D eigenvalue weighted by molar-refractivity contribution is -0.351. The molecule has 1 amide bonds. The van der Waals surface area contributed by atoms with E-state index in [9.17, 15) is 45.6 Å². The number of nitrogens with zero attached hydrogens (tertiary/aromatic N) is 2. The minimum Gasteiger partial charge on any atom is -0.481 e. The third kappa shape index (κ3) is 8.42. The van der Waals surface area contributed by atoms with Crippen LogP contribution in [0.5, 0.6) is 0 Å². The monoisotopic (exact) mass is 1090 g/mol. The smallest absolute Gasteiger partial charge is 0.310 e. The fraction of sp³-hybridized carbons (Fsp3) is 0.833. The third-order valence-corrected chi connectivity index (χ3v) is 24.7. The molecule has 8 fully saturated rings. The molecule has 13 N–H and O–H groups in total. The number of aliphatic carboxylic acids is 1. The molecular formula is C60H92N6O12. The van der Waals surface area contributed by atoms with Crippen LogP contribution in [0.3, 0.4) is 0 Å². The van der Waals surface area contributed by atoms with Gasteiger partial charge in [-0.3, -0.25) is 9.59 Å². The van der Waals surface area contributed by atoms with Crippen molar-refractivity contribution in [3.05, 3.63) is 48.1 Å². The van der Waals surface area contributed by atoms with Crippen LogP contribution in [0.25, 0.3) is 0 Å². The second kappa shape index (κ2) is 20.8. The first kappa shape index (κ1) is 56.6. The first-order valence-electron chi connectivity index (χ1n) is 30.0. The molecule has 0 aromatic carbocycles. The lowest BCUT2D eigenvalue weighted by Gasteiger charge is -2.77. The summed E-state index contributed by atoms with van der Waals surface area (Å²) in [6.45, 7) is 8.34. The van der Waals surface area contributed by atoms with Gasteiger partial charge in [0.05, 0.1) is 48.9 Å². The molecule has 21 atom stereocenters. The van der Waals surface area contributed by atoms with E-state index >= 15 is 4.79 Å². The van der Waals surface area contributed by atoms with Crippen molar-refractivity contribution in [1.29, 1.82) is 0 Å². The van der Waals surface area contributed by atoms with Crippen LogP contribution in [0.1, 0.15) is 167 Å². The number of carboxylic acid groups (broad SMARTS) is 1. The van der Waals surface area contributed by atoms with E-state index < -0.39 is 98.9 Å². The van der Waals surface area contributed by atoms with Crippen molar-refractivity contribution in [1.82, 2.24) is 25.3 Å². The van der Waals surface area contributed by atoms with Crippen LogP contribution < -0.4 is 11.1 Å². The number of fused-ring (bicyclic) bond motifs is 7. The Balaban J connectivity index is 1.14. The molecule has 1 spiro atoms. The largest absolute Gasteiger partial charge is 0.481 e. The van der Waals surface area contributed by atoms with E-state index in [2.05, 4.69) is 52.1 Å². The minimum atomic E-state index is -1.65. The zero-order valence-corrected chi connectivity index (χ0v) is 46.6. The summed E-state index contributed by atoms with van der Waals surface area (Å²) in [7, 11) is 0. The van der Waals surface area contributed by atoms with Gasteiger partial charge in [-0.1, -0.05) is 71.4 Å². The van der Waals surface area contributed by atoms with E-state index in [4.69, 9.17) is 15.2 Å². The van der Waals surface area contributed by atoms with Gasteiger partial charge < -0.3 is 71.3 Å². The van der Waals surface area contributed by atoms with Gasteiger partial charge in [-0.05, 0) is 159 Å². The van der Waals surface area contributed by atoms with E-state index in [1.54, 1.807) is 18.9 Å². The van der Waals surface area contributed by atoms with Gasteiger partial charge in [0.1, 0.15) is 24.5 Å². The highest BCUT2D eigenvalue weighted by Crippen LogP contribution is 2.80. The summed E-state index contributed by atoms with van der Waals surface area (Å²) >= 11 is 0. The zero-order chi connectivity index (χ0) is 55.4. The van der Waals surface area contributed by atoms with Crippen molar-refractivity contribution in [3.63, 3.8) is 0 Å². The fourth-order valence-corrected chi connectivity index (χ4v) is 20.6. The van der Waals surface area contributed by atoms with Gasteiger partial charge in [0.25, 0.3) is 0 Å². The van der Waals surface area contributed by atoms with Crippen LogP contribution in [0.15, 0.2) is 36.7 Å². The van der Waals surface area contributed by atoms with E-state index in [0.29, 0.717) is 70.6 Å². The molecule has 9 aliphatic rings. The molecule has 7 aliphatic carbocycles. The predicted octanol–water partition coefficient (Wildman–Crippen LogP) is 5.22. The lowest BCUT2D eigenvalue weighted by atomic mass is 9.28. The minimum absolute atomic E-state index is 0.0000109. The van der Waals surface area contributed by atoms with E-state index in [1.807, 2.05) is 13.1 Å². The molecule has 11 rings (SSSR count). The number of ether oxygens (including phenoxy) is 2. The number of aromatic amines is 2. The third-order valence-electron chi connectivity index (χ3n) is 24.7. The number of allylic oxidation sites excluding steroid dienone is 2. The van der Waals surface area contributed by atoms with Crippen molar-refractivity contribution in [3.8, 4) is 0 Å². The molecule has 2 aromatic heterocycles. The van der Waals surface area contributed by atoms with Gasteiger partial charge in [-0.15, -0.1) is 0 Å². The van der Waals surface area contributed by atoms with Gasteiger partial charge >= 0.3 is 5.97 Å². The summed E-state index contributed by atoms with van der Waals surface area (Å²) in [5.41, 5.74) is 3.82. The van der Waals surface area contributed by atoms with Crippen LogP contribution in [0, 0.1) is 79.3 Å². The summed E-state index contributed by atoms with van der Waals surface area (Å²) in [5.74, 6) is -2.76. The number of hydrogen-bond donors (Lipinski definition) is 12. The van der Waals surface area contributed by atoms with Crippen LogP contribution in [0.2, 0.25) is 0 Å². The number of carbonyl (C=O) groups excluding carboxylic acids is 1. The van der Waals surface area contributed by atoms with Crippen LogP contribution >= 0.6 is 0 Å². The topological polar surface area (TPSA) is 310 Å². The highest BCUT2D eigenvalue weighted by Gasteiger charge is 2.78. The van der Waals surface area contributed by atoms with Gasteiger partial charge in [0, 0.05) is 47.8 Å². The summed E-state index contributed by atoms with van der Waals surface area (Å²) in [4.78, 5) is 45.1. The number of amides is 1. The van der Waals surface area contributed by atoms with E-state index in [1.165, 1.54) is 5.57 Å². The maximum atomic E-state index is 15.2. The molecule has 2 saturated heterocycles. The number of nitrogens with one attached hydrogen (secondary N) is 3. The van der Waals surface area contributed by atoms with Crippen molar-refractivity contribution < 1.29 is 59.9 Å². The van der Waals surface area contributed by atoms with Gasteiger partial charge in [0.2, 0.25) is 5.91 Å². The number of rotatable bonds is 15. The van der Waals surface area contributed by atoms with Crippen molar-refractivity contribution in [2.75, 3.05) is 19.8 Å². The predicted molar refractivity (Wildman–Crippen MR) is 286 cm³/mol. The molecule has 0 radical (unpaired) electrons. The Morgan fingerprint density at radius 2 is 1.58 bits per heavy atom. The van der Waals surface area contributed by atoms with Crippen molar-refractivity contribution >= 4 is 11.9 Å². The number of imidazole rings is 2. The average molecular weight is 1090 g/mol. The molecule has 6 saturated carbocycles. The molecule has 78 heavy (non-hydrogen) atoms. The molecule has 18 heteroatoms. The second-order valence-electron chi connectivity index (χ2n) is 27.9. The number of aliphatic hydroxyl groups excluding tert-OH is 7.